The molecule has 0 saturated carbocycles. The molecule has 5 nitrogen and oxygen atoms in total. The van der Waals surface area contributed by atoms with Crippen molar-refractivity contribution in [3.63, 3.8) is 0 Å². The number of carbonyl (C=O) groups excluding carboxylic acids is 2. The van der Waals surface area contributed by atoms with Crippen molar-refractivity contribution in [2.45, 2.75) is 25.7 Å². The molecule has 0 N–H and O–H groups in total. The van der Waals surface area contributed by atoms with E-state index in [2.05, 4.69) is 26.2 Å². The Hall–Kier alpha value is -3.12. The van der Waals surface area contributed by atoms with Gasteiger partial charge in [0.05, 0.1) is 18.0 Å². The number of hydrogen-bond acceptors (Lipinski definition) is 5. The smallest absolute Gasteiger partial charge is 0.194 e. The number of unbranched alkanes of at least 4 members (excludes halogenated alkanes) is 3. The first-order valence-corrected chi connectivity index (χ1v) is 11.8. The van der Waals surface area contributed by atoms with Gasteiger partial charge in [0.1, 0.15) is 5.75 Å². The SMILES string of the molecule is O=C1c2ccccc2C(=O)c2cc(N=Nc3ccc(OCCCCCCBr)cc3)ccc21. The van der Waals surface area contributed by atoms with Gasteiger partial charge in [0.25, 0.3) is 0 Å². The van der Waals surface area contributed by atoms with Crippen LogP contribution in [0.1, 0.15) is 57.5 Å². The number of ketones is 2. The topological polar surface area (TPSA) is 68.1 Å². The van der Waals surface area contributed by atoms with Crippen LogP contribution in [0.15, 0.2) is 77.0 Å². The van der Waals surface area contributed by atoms with E-state index in [4.69, 9.17) is 4.74 Å². The van der Waals surface area contributed by atoms with Gasteiger partial charge in [-0.15, -0.1) is 0 Å². The van der Waals surface area contributed by atoms with Gasteiger partial charge in [-0.05, 0) is 55.3 Å². The van der Waals surface area contributed by atoms with Crippen molar-refractivity contribution in [1.82, 2.24) is 0 Å². The number of azo groups is 1. The second-order valence-corrected chi connectivity index (χ2v) is 8.37. The quantitative estimate of drug-likeness (QED) is 0.141. The predicted molar refractivity (Wildman–Crippen MR) is 128 cm³/mol. The number of benzene rings is 3. The third-order valence-corrected chi connectivity index (χ3v) is 5.88. The fourth-order valence-corrected chi connectivity index (χ4v) is 4.01. The van der Waals surface area contributed by atoms with E-state index in [0.717, 1.165) is 17.5 Å². The van der Waals surface area contributed by atoms with Crippen molar-refractivity contribution in [3.05, 3.63) is 89.0 Å². The van der Waals surface area contributed by atoms with Crippen LogP contribution >= 0.6 is 15.9 Å². The molecular weight excluding hydrogens is 468 g/mol. The zero-order valence-electron chi connectivity index (χ0n) is 17.6. The predicted octanol–water partition coefficient (Wildman–Crippen LogP) is 7.21. The Kier molecular flexibility index (Phi) is 7.22. The summed E-state index contributed by atoms with van der Waals surface area (Å²) in [6.45, 7) is 0.703. The van der Waals surface area contributed by atoms with Crippen LogP contribution in [0.3, 0.4) is 0 Å². The number of alkyl halides is 1. The average Bonchev–Trinajstić information content (AvgIpc) is 2.84. The van der Waals surface area contributed by atoms with Crippen LogP contribution in [0, 0.1) is 0 Å². The summed E-state index contributed by atoms with van der Waals surface area (Å²) in [5.41, 5.74) is 2.85. The summed E-state index contributed by atoms with van der Waals surface area (Å²) in [5.74, 6) is 0.499. The van der Waals surface area contributed by atoms with E-state index < -0.39 is 0 Å². The number of nitrogens with zero attached hydrogens (tertiary/aromatic N) is 2. The van der Waals surface area contributed by atoms with E-state index in [1.165, 1.54) is 19.3 Å². The molecule has 1 aliphatic carbocycles. The van der Waals surface area contributed by atoms with Crippen LogP contribution in [0.5, 0.6) is 5.75 Å². The molecule has 1 aliphatic rings. The fourth-order valence-electron chi connectivity index (χ4n) is 3.61. The molecule has 0 radical (unpaired) electrons. The minimum atomic E-state index is -0.166. The minimum Gasteiger partial charge on any atom is -0.494 e. The van der Waals surface area contributed by atoms with Crippen molar-refractivity contribution >= 4 is 38.9 Å². The lowest BCUT2D eigenvalue weighted by atomic mass is 9.84. The van der Waals surface area contributed by atoms with E-state index in [-0.39, 0.29) is 11.6 Å². The Balaban J connectivity index is 1.40. The maximum absolute atomic E-state index is 12.8. The lowest BCUT2D eigenvalue weighted by Crippen LogP contribution is -2.20. The van der Waals surface area contributed by atoms with Gasteiger partial charge in [0.2, 0.25) is 0 Å². The van der Waals surface area contributed by atoms with E-state index >= 15 is 0 Å². The van der Waals surface area contributed by atoms with Crippen molar-refractivity contribution in [1.29, 1.82) is 0 Å². The Morgan fingerprint density at radius 2 is 1.25 bits per heavy atom. The molecule has 4 rings (SSSR count). The van der Waals surface area contributed by atoms with Gasteiger partial charge < -0.3 is 4.74 Å². The first kappa shape index (κ1) is 22.1. The molecule has 3 aromatic carbocycles. The number of hydrogen-bond donors (Lipinski definition) is 0. The highest BCUT2D eigenvalue weighted by atomic mass is 79.9. The maximum Gasteiger partial charge on any atom is 0.194 e. The van der Waals surface area contributed by atoms with Crippen molar-refractivity contribution in [2.75, 3.05) is 11.9 Å². The molecule has 0 spiro atoms. The second-order valence-electron chi connectivity index (χ2n) is 7.58. The molecule has 0 unspecified atom stereocenters. The molecule has 0 bridgehead atoms. The summed E-state index contributed by atoms with van der Waals surface area (Å²) in [7, 11) is 0. The molecule has 162 valence electrons. The highest BCUT2D eigenvalue weighted by molar-refractivity contribution is 9.09. The maximum atomic E-state index is 12.8. The third kappa shape index (κ3) is 5.02. The summed E-state index contributed by atoms with van der Waals surface area (Å²) < 4.78 is 5.76. The zero-order chi connectivity index (χ0) is 22.3. The number of fused-ring (bicyclic) bond motifs is 2. The summed E-state index contributed by atoms with van der Waals surface area (Å²) in [5, 5.41) is 9.56. The molecule has 0 aliphatic heterocycles. The average molecular weight is 491 g/mol. The lowest BCUT2D eigenvalue weighted by molar-refractivity contribution is 0.0979. The fraction of sp³-hybridized carbons (Fsp3) is 0.231. The van der Waals surface area contributed by atoms with E-state index in [0.29, 0.717) is 40.2 Å². The molecule has 3 aromatic rings. The van der Waals surface area contributed by atoms with Gasteiger partial charge >= 0.3 is 0 Å². The summed E-state index contributed by atoms with van der Waals surface area (Å²) in [6, 6.07) is 19.3. The van der Waals surface area contributed by atoms with Gasteiger partial charge in [-0.3, -0.25) is 9.59 Å². The summed E-state index contributed by atoms with van der Waals surface area (Å²) in [6.07, 6.45) is 4.61. The number of halogens is 1. The zero-order valence-corrected chi connectivity index (χ0v) is 19.2. The molecule has 0 atom stereocenters. The van der Waals surface area contributed by atoms with Gasteiger partial charge in [-0.2, -0.15) is 10.2 Å². The van der Waals surface area contributed by atoms with E-state index in [1.807, 2.05) is 24.3 Å². The van der Waals surface area contributed by atoms with E-state index in [1.54, 1.807) is 42.5 Å². The third-order valence-electron chi connectivity index (χ3n) is 5.32. The van der Waals surface area contributed by atoms with Crippen LogP contribution in [0.2, 0.25) is 0 Å². The Bertz CT molecular complexity index is 1160. The van der Waals surface area contributed by atoms with Crippen molar-refractivity contribution in [3.8, 4) is 5.75 Å². The molecule has 6 heteroatoms. The number of rotatable bonds is 9. The standard InChI is InChI=1S/C26H23BrN2O3/c27-15-5-1-2-6-16-32-20-12-9-18(10-13-20)28-29-19-11-14-23-24(17-19)26(31)22-8-4-3-7-21(22)25(23)30/h3-4,7-14,17H,1-2,5-6,15-16H2. The molecule has 0 saturated heterocycles. The summed E-state index contributed by atoms with van der Waals surface area (Å²) >= 11 is 3.44. The highest BCUT2D eigenvalue weighted by Gasteiger charge is 2.29. The normalized spacial score (nSPS) is 12.7. The number of ether oxygens (including phenoxy) is 1. The molecule has 0 fully saturated rings. The second kappa shape index (κ2) is 10.5. The van der Waals surface area contributed by atoms with Crippen LogP contribution in [-0.4, -0.2) is 23.5 Å². The molecule has 32 heavy (non-hydrogen) atoms. The van der Waals surface area contributed by atoms with E-state index in [9.17, 15) is 9.59 Å². The highest BCUT2D eigenvalue weighted by Crippen LogP contribution is 2.30. The molecular formula is C26H23BrN2O3. The van der Waals surface area contributed by atoms with Crippen LogP contribution < -0.4 is 4.74 Å². The molecule has 0 aromatic heterocycles. The number of carbonyl (C=O) groups is 2. The first-order chi connectivity index (χ1) is 15.7. The van der Waals surface area contributed by atoms with Gasteiger partial charge in [-0.25, -0.2) is 0 Å². The largest absolute Gasteiger partial charge is 0.494 e. The Morgan fingerprint density at radius 3 is 1.97 bits per heavy atom. The van der Waals surface area contributed by atoms with Crippen LogP contribution in [0.25, 0.3) is 0 Å². The minimum absolute atomic E-state index is 0.141. The van der Waals surface area contributed by atoms with Crippen molar-refractivity contribution in [2.24, 2.45) is 10.2 Å². The van der Waals surface area contributed by atoms with Gasteiger partial charge in [0, 0.05) is 27.6 Å². The molecule has 0 heterocycles. The van der Waals surface area contributed by atoms with Crippen LogP contribution in [0.4, 0.5) is 11.4 Å². The lowest BCUT2D eigenvalue weighted by Gasteiger charge is -2.17. The Morgan fingerprint density at radius 1 is 0.656 bits per heavy atom. The van der Waals surface area contributed by atoms with Crippen LogP contribution in [-0.2, 0) is 0 Å². The summed E-state index contributed by atoms with van der Waals surface area (Å²) in [4.78, 5) is 25.5. The van der Waals surface area contributed by atoms with Gasteiger partial charge in [0.15, 0.2) is 11.6 Å². The first-order valence-electron chi connectivity index (χ1n) is 10.7. The Labute approximate surface area is 195 Å². The monoisotopic (exact) mass is 490 g/mol. The van der Waals surface area contributed by atoms with Crippen molar-refractivity contribution < 1.29 is 14.3 Å². The van der Waals surface area contributed by atoms with Gasteiger partial charge in [-0.1, -0.05) is 53.0 Å². The molecule has 0 amide bonds.